The summed E-state index contributed by atoms with van der Waals surface area (Å²) in [5.74, 6) is 0. The molecule has 1 aliphatic heterocycles. The molecule has 0 aliphatic carbocycles. The summed E-state index contributed by atoms with van der Waals surface area (Å²) in [5, 5.41) is 1.90. The molecule has 5 aromatic rings. The largest absolute Gasteiger partial charge is 0.416 e. The van der Waals surface area contributed by atoms with Crippen molar-refractivity contribution in [2.24, 2.45) is 0 Å². The van der Waals surface area contributed by atoms with Gasteiger partial charge in [-0.2, -0.15) is 13.2 Å². The lowest BCUT2D eigenvalue weighted by Gasteiger charge is -2.34. The fourth-order valence-corrected chi connectivity index (χ4v) is 5.45. The number of anilines is 1. The van der Waals surface area contributed by atoms with Crippen molar-refractivity contribution in [1.29, 1.82) is 0 Å². The van der Waals surface area contributed by atoms with Gasteiger partial charge in [-0.05, 0) is 78.2 Å². The Morgan fingerprint density at radius 3 is 2.36 bits per heavy atom. The molecule has 7 heteroatoms. The maximum absolute atomic E-state index is 13.6. The normalized spacial score (nSPS) is 15.4. The maximum atomic E-state index is 13.6. The molecule has 0 spiro atoms. The number of benzene rings is 3. The van der Waals surface area contributed by atoms with Crippen molar-refractivity contribution in [1.82, 2.24) is 14.9 Å². The molecule has 0 saturated carbocycles. The fraction of sp³-hybridized carbons (Fsp3) is 0.219. The maximum Gasteiger partial charge on any atom is 0.416 e. The number of fused-ring (bicyclic) bond motifs is 3. The van der Waals surface area contributed by atoms with E-state index >= 15 is 0 Å². The highest BCUT2D eigenvalue weighted by atomic mass is 19.4. The van der Waals surface area contributed by atoms with E-state index in [9.17, 15) is 13.2 Å². The number of likely N-dealkylation sites (N-methyl/N-ethyl adjacent to an activating group) is 1. The molecule has 2 aromatic heterocycles. The van der Waals surface area contributed by atoms with Crippen LogP contribution in [0.3, 0.4) is 0 Å². The Balaban J connectivity index is 1.39. The van der Waals surface area contributed by atoms with Crippen LogP contribution >= 0.6 is 0 Å². The Bertz CT molecular complexity index is 1670. The Kier molecular flexibility index (Phi) is 6.39. The van der Waals surface area contributed by atoms with Gasteiger partial charge in [0.2, 0.25) is 0 Å². The van der Waals surface area contributed by atoms with Crippen LogP contribution in [0, 0.1) is 0 Å². The summed E-state index contributed by atoms with van der Waals surface area (Å²) in [6, 6.07) is 22.5. The summed E-state index contributed by atoms with van der Waals surface area (Å²) in [4.78, 5) is 12.7. The van der Waals surface area contributed by atoms with Crippen molar-refractivity contribution in [3.05, 3.63) is 95.7 Å². The summed E-state index contributed by atoms with van der Waals surface area (Å²) in [6.07, 6.45) is -1.12. The van der Waals surface area contributed by atoms with Crippen LogP contribution in [0.1, 0.15) is 23.6 Å². The number of aromatic amines is 1. The first-order valence-corrected chi connectivity index (χ1v) is 13.1. The van der Waals surface area contributed by atoms with E-state index < -0.39 is 11.7 Å². The highest BCUT2D eigenvalue weighted by Gasteiger charge is 2.32. The number of hydrogen-bond donors (Lipinski definition) is 1. The number of piperazine rings is 1. The van der Waals surface area contributed by atoms with E-state index in [1.54, 1.807) is 18.3 Å². The van der Waals surface area contributed by atoms with Gasteiger partial charge >= 0.3 is 6.18 Å². The monoisotopic (exact) mass is 526 g/mol. The smallest absolute Gasteiger partial charge is 0.369 e. The molecule has 1 fully saturated rings. The zero-order chi connectivity index (χ0) is 27.1. The minimum absolute atomic E-state index is 0.147. The Morgan fingerprint density at radius 1 is 0.897 bits per heavy atom. The lowest BCUT2D eigenvalue weighted by Crippen LogP contribution is -2.44. The van der Waals surface area contributed by atoms with Gasteiger partial charge in [0, 0.05) is 54.4 Å². The molecule has 0 unspecified atom stereocenters. The predicted octanol–water partition coefficient (Wildman–Crippen LogP) is 7.71. The van der Waals surface area contributed by atoms with Gasteiger partial charge in [0.25, 0.3) is 0 Å². The van der Waals surface area contributed by atoms with Crippen molar-refractivity contribution in [2.45, 2.75) is 13.1 Å². The van der Waals surface area contributed by atoms with Crippen LogP contribution in [0.4, 0.5) is 18.9 Å². The molecule has 1 aliphatic rings. The SMILES string of the molecule is CC(=Cc1ccccc1C(F)(F)F)c1ccnc2[nH]c3ccc(-c4ccc(N5CCN(C)CC5)cc4)cc3c12. The quantitative estimate of drug-likeness (QED) is 0.260. The first-order chi connectivity index (χ1) is 18.8. The van der Waals surface area contributed by atoms with Crippen molar-refractivity contribution >= 4 is 39.3 Å². The van der Waals surface area contributed by atoms with Crippen LogP contribution < -0.4 is 4.90 Å². The molecule has 0 atom stereocenters. The van der Waals surface area contributed by atoms with Gasteiger partial charge in [-0.15, -0.1) is 0 Å². The number of pyridine rings is 1. The first kappa shape index (κ1) is 25.2. The number of hydrogen-bond acceptors (Lipinski definition) is 3. The van der Waals surface area contributed by atoms with Crippen molar-refractivity contribution < 1.29 is 13.2 Å². The van der Waals surface area contributed by atoms with E-state index in [0.717, 1.165) is 70.8 Å². The number of nitrogens with one attached hydrogen (secondary N) is 1. The lowest BCUT2D eigenvalue weighted by molar-refractivity contribution is -0.137. The summed E-state index contributed by atoms with van der Waals surface area (Å²) in [6.45, 7) is 6.01. The molecule has 1 N–H and O–H groups in total. The molecule has 0 amide bonds. The van der Waals surface area contributed by atoms with E-state index in [1.165, 1.54) is 17.8 Å². The van der Waals surface area contributed by atoms with Crippen LogP contribution in [-0.4, -0.2) is 48.1 Å². The van der Waals surface area contributed by atoms with E-state index in [0.29, 0.717) is 5.65 Å². The fourth-order valence-electron chi connectivity index (χ4n) is 5.45. The van der Waals surface area contributed by atoms with Crippen molar-refractivity contribution in [2.75, 3.05) is 38.1 Å². The third kappa shape index (κ3) is 4.90. The van der Waals surface area contributed by atoms with Gasteiger partial charge in [-0.3, -0.25) is 0 Å². The number of alkyl halides is 3. The van der Waals surface area contributed by atoms with Gasteiger partial charge in [0.1, 0.15) is 5.65 Å². The highest BCUT2D eigenvalue weighted by Crippen LogP contribution is 2.37. The second kappa shape index (κ2) is 9.89. The molecule has 39 heavy (non-hydrogen) atoms. The minimum Gasteiger partial charge on any atom is -0.369 e. The number of halogens is 3. The average molecular weight is 527 g/mol. The van der Waals surface area contributed by atoms with E-state index in [4.69, 9.17) is 0 Å². The zero-order valence-electron chi connectivity index (χ0n) is 21.9. The lowest BCUT2D eigenvalue weighted by atomic mass is 9.97. The predicted molar refractivity (Wildman–Crippen MR) is 154 cm³/mol. The highest BCUT2D eigenvalue weighted by molar-refractivity contribution is 6.12. The summed E-state index contributed by atoms with van der Waals surface area (Å²) >= 11 is 0. The molecule has 4 nitrogen and oxygen atoms in total. The summed E-state index contributed by atoms with van der Waals surface area (Å²) < 4.78 is 40.8. The topological polar surface area (TPSA) is 35.2 Å². The minimum atomic E-state index is -4.42. The molecule has 3 aromatic carbocycles. The van der Waals surface area contributed by atoms with Crippen LogP contribution in [0.15, 0.2) is 79.0 Å². The van der Waals surface area contributed by atoms with Gasteiger partial charge < -0.3 is 14.8 Å². The molecule has 0 radical (unpaired) electrons. The summed E-state index contributed by atoms with van der Waals surface area (Å²) in [7, 11) is 2.15. The van der Waals surface area contributed by atoms with E-state index in [1.807, 2.05) is 19.1 Å². The zero-order valence-corrected chi connectivity index (χ0v) is 21.9. The molecule has 198 valence electrons. The van der Waals surface area contributed by atoms with E-state index in [-0.39, 0.29) is 5.56 Å². The van der Waals surface area contributed by atoms with Gasteiger partial charge in [0.15, 0.2) is 0 Å². The summed E-state index contributed by atoms with van der Waals surface area (Å²) in [5.41, 5.74) is 6.16. The molecular weight excluding hydrogens is 497 g/mol. The van der Waals surface area contributed by atoms with E-state index in [2.05, 4.69) is 63.2 Å². The average Bonchev–Trinajstić information content (AvgIpc) is 3.31. The van der Waals surface area contributed by atoms with Crippen LogP contribution in [0.5, 0.6) is 0 Å². The van der Waals surface area contributed by atoms with Crippen LogP contribution in [-0.2, 0) is 6.18 Å². The number of rotatable bonds is 4. The number of H-pyrrole nitrogens is 1. The van der Waals surface area contributed by atoms with Gasteiger partial charge in [-0.1, -0.05) is 42.5 Å². The number of allylic oxidation sites excluding steroid dienone is 1. The second-order valence-electron chi connectivity index (χ2n) is 10.2. The molecule has 0 bridgehead atoms. The van der Waals surface area contributed by atoms with Crippen LogP contribution in [0.25, 0.3) is 44.7 Å². The van der Waals surface area contributed by atoms with Gasteiger partial charge in [0.05, 0.1) is 5.56 Å². The van der Waals surface area contributed by atoms with Crippen molar-refractivity contribution in [3.8, 4) is 11.1 Å². The molecular formula is C32H29F3N4. The van der Waals surface area contributed by atoms with Crippen LogP contribution in [0.2, 0.25) is 0 Å². The molecule has 3 heterocycles. The Labute approximate surface area is 225 Å². The van der Waals surface area contributed by atoms with Crippen molar-refractivity contribution in [3.63, 3.8) is 0 Å². The Hall–Kier alpha value is -4.10. The molecule has 1 saturated heterocycles. The van der Waals surface area contributed by atoms with Gasteiger partial charge in [-0.25, -0.2) is 4.98 Å². The number of nitrogens with zero attached hydrogens (tertiary/aromatic N) is 3. The molecule has 6 rings (SSSR count). The number of aromatic nitrogens is 2. The first-order valence-electron chi connectivity index (χ1n) is 13.1. The third-order valence-electron chi connectivity index (χ3n) is 7.63. The second-order valence-corrected chi connectivity index (χ2v) is 10.2. The Morgan fingerprint density at radius 2 is 1.62 bits per heavy atom. The third-order valence-corrected chi connectivity index (χ3v) is 7.63. The standard InChI is InChI=1S/C32H29F3N4/c1-21(19-24-5-3-4-6-28(24)32(33,34)35)26-13-14-36-31-30(26)27-20-23(9-12-29(27)37-31)22-7-10-25(11-8-22)39-17-15-38(2)16-18-39/h3-14,19-20H,15-18H2,1-2H3,(H,36,37).